The minimum absolute atomic E-state index is 0.101. The summed E-state index contributed by atoms with van der Waals surface area (Å²) < 4.78 is 0. The highest BCUT2D eigenvalue weighted by atomic mass is 14.8. The third-order valence-corrected chi connectivity index (χ3v) is 1.32. The molecule has 0 aromatic heterocycles. The fourth-order valence-corrected chi connectivity index (χ4v) is 0.514. The largest absolute Gasteiger partial charge is 0.322 e. The third kappa shape index (κ3) is 1.08. The minimum atomic E-state index is -0.101. The molecule has 1 saturated carbocycles. The lowest BCUT2D eigenvalue weighted by molar-refractivity contribution is 0.856. The maximum atomic E-state index is 8.06. The van der Waals surface area contributed by atoms with E-state index in [1.807, 2.05) is 6.07 Å². The highest BCUT2D eigenvalue weighted by Gasteiger charge is 2.34. The molecule has 0 amide bonds. The van der Waals surface area contributed by atoms with Gasteiger partial charge in [-0.2, -0.15) is 5.26 Å². The van der Waals surface area contributed by atoms with Gasteiger partial charge in [-0.1, -0.05) is 6.08 Å². The summed E-state index contributed by atoms with van der Waals surface area (Å²) in [6.45, 7) is 0. The van der Waals surface area contributed by atoms with Crippen molar-refractivity contribution in [3.05, 3.63) is 12.2 Å². The fraction of sp³-hybridized carbons (Fsp3) is 0.500. The molecule has 2 nitrogen and oxygen atoms in total. The Morgan fingerprint density at radius 1 is 1.62 bits per heavy atom. The van der Waals surface area contributed by atoms with Gasteiger partial charge in [0.2, 0.25) is 0 Å². The highest BCUT2D eigenvalue weighted by molar-refractivity contribution is 5.19. The Kier molecular flexibility index (Phi) is 1.07. The number of hydrogen-bond acceptors (Lipinski definition) is 2. The van der Waals surface area contributed by atoms with E-state index in [9.17, 15) is 0 Å². The Labute approximate surface area is 48.6 Å². The number of nitrogens with zero attached hydrogens (tertiary/aromatic N) is 1. The smallest absolute Gasteiger partial charge is 0.0909 e. The Bertz CT molecular complexity index is 148. The van der Waals surface area contributed by atoms with E-state index in [1.165, 1.54) is 6.08 Å². The Hall–Kier alpha value is -0.810. The van der Waals surface area contributed by atoms with Gasteiger partial charge in [-0.15, -0.1) is 0 Å². The van der Waals surface area contributed by atoms with E-state index in [2.05, 4.69) is 0 Å². The topological polar surface area (TPSA) is 49.8 Å². The van der Waals surface area contributed by atoms with Gasteiger partial charge >= 0.3 is 0 Å². The van der Waals surface area contributed by atoms with Crippen molar-refractivity contribution in [2.24, 2.45) is 5.73 Å². The summed E-state index contributed by atoms with van der Waals surface area (Å²) in [4.78, 5) is 0. The summed E-state index contributed by atoms with van der Waals surface area (Å²) in [6.07, 6.45) is 5.29. The zero-order valence-corrected chi connectivity index (χ0v) is 4.59. The van der Waals surface area contributed by atoms with E-state index in [-0.39, 0.29) is 5.54 Å². The maximum absolute atomic E-state index is 8.06. The molecule has 0 aromatic rings. The molecule has 2 heteroatoms. The first-order valence-corrected chi connectivity index (χ1v) is 2.63. The van der Waals surface area contributed by atoms with Crippen molar-refractivity contribution < 1.29 is 0 Å². The second kappa shape index (κ2) is 1.61. The van der Waals surface area contributed by atoms with Crippen LogP contribution in [0.25, 0.3) is 0 Å². The van der Waals surface area contributed by atoms with Crippen LogP contribution in [-0.2, 0) is 0 Å². The van der Waals surface area contributed by atoms with Gasteiger partial charge in [-0.05, 0) is 12.8 Å². The summed E-state index contributed by atoms with van der Waals surface area (Å²) in [5.41, 5.74) is 5.49. The van der Waals surface area contributed by atoms with Crippen LogP contribution >= 0.6 is 0 Å². The lowest BCUT2D eigenvalue weighted by atomic mass is 10.3. The van der Waals surface area contributed by atoms with Gasteiger partial charge in [0.05, 0.1) is 6.07 Å². The maximum Gasteiger partial charge on any atom is 0.0909 e. The number of nitriles is 1. The van der Waals surface area contributed by atoms with Crippen LogP contribution < -0.4 is 5.73 Å². The van der Waals surface area contributed by atoms with Crippen LogP contribution in [0.5, 0.6) is 0 Å². The van der Waals surface area contributed by atoms with E-state index < -0.39 is 0 Å². The molecule has 1 rings (SSSR count). The van der Waals surface area contributed by atoms with Crippen molar-refractivity contribution in [3.63, 3.8) is 0 Å². The van der Waals surface area contributed by atoms with Gasteiger partial charge in [0.1, 0.15) is 0 Å². The molecule has 8 heavy (non-hydrogen) atoms. The molecule has 2 N–H and O–H groups in total. The SMILES string of the molecule is N#CC=CC1(N)CC1. The molecule has 0 aliphatic heterocycles. The predicted octanol–water partition coefficient (Wildman–Crippen LogP) is 0.557. The van der Waals surface area contributed by atoms with E-state index >= 15 is 0 Å². The molecule has 42 valence electrons. The average molecular weight is 108 g/mol. The molecule has 0 aromatic carbocycles. The van der Waals surface area contributed by atoms with Crippen LogP contribution in [-0.4, -0.2) is 5.54 Å². The van der Waals surface area contributed by atoms with Gasteiger partial charge < -0.3 is 5.73 Å². The Balaban J connectivity index is 2.41. The first-order valence-electron chi connectivity index (χ1n) is 2.63. The highest BCUT2D eigenvalue weighted by Crippen LogP contribution is 2.33. The standard InChI is InChI=1S/C6H8N2/c7-5-1-2-6(8)3-4-6/h1-2H,3-4,8H2. The number of hydrogen-bond donors (Lipinski definition) is 1. The van der Waals surface area contributed by atoms with Crippen LogP contribution in [0.2, 0.25) is 0 Å². The van der Waals surface area contributed by atoms with Gasteiger partial charge in [-0.3, -0.25) is 0 Å². The van der Waals surface area contributed by atoms with E-state index in [4.69, 9.17) is 11.0 Å². The minimum Gasteiger partial charge on any atom is -0.322 e. The van der Waals surface area contributed by atoms with Crippen molar-refractivity contribution in [2.45, 2.75) is 18.4 Å². The molecule has 1 aliphatic rings. The number of rotatable bonds is 1. The average Bonchev–Trinajstić information content (AvgIpc) is 2.45. The van der Waals surface area contributed by atoms with E-state index in [0.717, 1.165) is 12.8 Å². The molecule has 0 spiro atoms. The zero-order valence-electron chi connectivity index (χ0n) is 4.59. The monoisotopic (exact) mass is 108 g/mol. The molecular formula is C6H8N2. The molecule has 0 radical (unpaired) electrons. The predicted molar refractivity (Wildman–Crippen MR) is 30.9 cm³/mol. The molecule has 0 bridgehead atoms. The molecule has 0 heterocycles. The van der Waals surface area contributed by atoms with Gasteiger partial charge in [0, 0.05) is 11.6 Å². The van der Waals surface area contributed by atoms with Gasteiger partial charge in [-0.25, -0.2) is 0 Å². The quantitative estimate of drug-likeness (QED) is 0.499. The number of nitrogens with two attached hydrogens (primary N) is 1. The van der Waals surface area contributed by atoms with Crippen LogP contribution in [0.15, 0.2) is 12.2 Å². The molecule has 1 fully saturated rings. The summed E-state index contributed by atoms with van der Waals surface area (Å²) >= 11 is 0. The number of allylic oxidation sites excluding steroid dienone is 1. The molecule has 0 saturated heterocycles. The summed E-state index contributed by atoms with van der Waals surface area (Å²) in [5.74, 6) is 0. The van der Waals surface area contributed by atoms with Gasteiger partial charge in [0.25, 0.3) is 0 Å². The van der Waals surface area contributed by atoms with Crippen LogP contribution in [0, 0.1) is 11.3 Å². The van der Waals surface area contributed by atoms with Crippen molar-refractivity contribution in [1.29, 1.82) is 5.26 Å². The van der Waals surface area contributed by atoms with Crippen LogP contribution in [0.4, 0.5) is 0 Å². The van der Waals surface area contributed by atoms with Crippen molar-refractivity contribution >= 4 is 0 Å². The molecule has 0 unspecified atom stereocenters. The molecular weight excluding hydrogens is 100 g/mol. The first kappa shape index (κ1) is 5.33. The fourth-order valence-electron chi connectivity index (χ4n) is 0.514. The van der Waals surface area contributed by atoms with Crippen molar-refractivity contribution in [3.8, 4) is 6.07 Å². The lowest BCUT2D eigenvalue weighted by Gasteiger charge is -1.93. The third-order valence-electron chi connectivity index (χ3n) is 1.32. The van der Waals surface area contributed by atoms with Crippen LogP contribution in [0.1, 0.15) is 12.8 Å². The first-order chi connectivity index (χ1) is 3.77. The van der Waals surface area contributed by atoms with E-state index in [0.29, 0.717) is 0 Å². The second-order valence-electron chi connectivity index (χ2n) is 2.20. The lowest BCUT2D eigenvalue weighted by Crippen LogP contribution is -2.17. The van der Waals surface area contributed by atoms with Crippen molar-refractivity contribution in [2.75, 3.05) is 0 Å². The van der Waals surface area contributed by atoms with Crippen LogP contribution in [0.3, 0.4) is 0 Å². The summed E-state index contributed by atoms with van der Waals surface area (Å²) in [5, 5.41) is 8.06. The molecule has 0 atom stereocenters. The van der Waals surface area contributed by atoms with Gasteiger partial charge in [0.15, 0.2) is 0 Å². The van der Waals surface area contributed by atoms with Crippen molar-refractivity contribution in [1.82, 2.24) is 0 Å². The normalized spacial score (nSPS) is 23.0. The Morgan fingerprint density at radius 2 is 2.25 bits per heavy atom. The second-order valence-corrected chi connectivity index (χ2v) is 2.20. The summed E-state index contributed by atoms with van der Waals surface area (Å²) in [6, 6.07) is 1.90. The Morgan fingerprint density at radius 3 is 2.62 bits per heavy atom. The molecule has 1 aliphatic carbocycles. The summed E-state index contributed by atoms with van der Waals surface area (Å²) in [7, 11) is 0. The zero-order chi connectivity index (χ0) is 6.04. The van der Waals surface area contributed by atoms with E-state index in [1.54, 1.807) is 6.08 Å².